The quantitative estimate of drug-likeness (QED) is 0.463. The summed E-state index contributed by atoms with van der Waals surface area (Å²) in [5.74, 6) is 1.61. The maximum atomic E-state index is 13.2. The van der Waals surface area contributed by atoms with Gasteiger partial charge in [-0.2, -0.15) is 0 Å². The van der Waals surface area contributed by atoms with E-state index in [0.29, 0.717) is 29.8 Å². The molecule has 0 spiro atoms. The van der Waals surface area contributed by atoms with E-state index >= 15 is 0 Å². The zero-order valence-electron chi connectivity index (χ0n) is 21.3. The summed E-state index contributed by atoms with van der Waals surface area (Å²) >= 11 is 0. The summed E-state index contributed by atoms with van der Waals surface area (Å²) in [5, 5.41) is 0. The summed E-state index contributed by atoms with van der Waals surface area (Å²) in [4.78, 5) is 10.8. The van der Waals surface area contributed by atoms with Gasteiger partial charge in [0, 0.05) is 17.5 Å². The lowest BCUT2D eigenvalue weighted by molar-refractivity contribution is 0.281. The van der Waals surface area contributed by atoms with Crippen LogP contribution in [0.5, 0.6) is 11.5 Å². The van der Waals surface area contributed by atoms with Crippen LogP contribution < -0.4 is 9.05 Å². The maximum absolute atomic E-state index is 13.2. The Morgan fingerprint density at radius 1 is 0.750 bits per heavy atom. The summed E-state index contributed by atoms with van der Waals surface area (Å²) in [7, 11) is -4.39. The lowest BCUT2D eigenvalue weighted by Crippen LogP contribution is -2.20. The van der Waals surface area contributed by atoms with Crippen molar-refractivity contribution >= 4 is 7.82 Å². The molecule has 1 N–H and O–H groups in total. The fourth-order valence-electron chi connectivity index (χ4n) is 4.14. The first-order valence-corrected chi connectivity index (χ1v) is 13.1. The molecule has 32 heavy (non-hydrogen) atoms. The summed E-state index contributed by atoms with van der Waals surface area (Å²) in [6.45, 7) is 21.3. The van der Waals surface area contributed by atoms with Crippen LogP contribution in [0.15, 0.2) is 24.3 Å². The number of hydrogen-bond acceptors (Lipinski definition) is 3. The Morgan fingerprint density at radius 3 is 1.38 bits per heavy atom. The Labute approximate surface area is 194 Å². The predicted octanol–water partition coefficient (Wildman–Crippen LogP) is 7.99. The first kappa shape index (κ1) is 24.9. The molecule has 2 aromatic carbocycles. The standard InChI is InChI=1S/C27H39O4P/c1-16(2)18-11-20-13-21-12-19(17(3)4)15-23(27(8,9)10)25(21)31-32(28,29)30-24(20)22(14-18)26(5,6)7/h11-12,14-17H,13H2,1-10H3,(H,28,29). The van der Waals surface area contributed by atoms with Gasteiger partial charge in [0.15, 0.2) is 0 Å². The van der Waals surface area contributed by atoms with Crippen LogP contribution in [0.1, 0.15) is 114 Å². The first-order chi connectivity index (χ1) is 14.5. The summed E-state index contributed by atoms with van der Waals surface area (Å²) in [6, 6.07) is 8.47. The smallest absolute Gasteiger partial charge is 0.395 e. The molecule has 0 aromatic heterocycles. The van der Waals surface area contributed by atoms with Crippen LogP contribution in [0.3, 0.4) is 0 Å². The van der Waals surface area contributed by atoms with Crippen LogP contribution in [0.4, 0.5) is 0 Å². The molecule has 0 bridgehead atoms. The van der Waals surface area contributed by atoms with Gasteiger partial charge in [0.2, 0.25) is 0 Å². The van der Waals surface area contributed by atoms with Gasteiger partial charge in [-0.15, -0.1) is 0 Å². The van der Waals surface area contributed by atoms with E-state index in [1.807, 2.05) is 0 Å². The molecule has 3 rings (SSSR count). The molecule has 0 atom stereocenters. The van der Waals surface area contributed by atoms with E-state index in [0.717, 1.165) is 22.3 Å². The number of phosphoric ester groups is 1. The second-order valence-corrected chi connectivity index (χ2v) is 13.1. The fraction of sp³-hybridized carbons (Fsp3) is 0.556. The topological polar surface area (TPSA) is 55.8 Å². The highest BCUT2D eigenvalue weighted by atomic mass is 31.2. The monoisotopic (exact) mass is 458 g/mol. The number of fused-ring (bicyclic) bond motifs is 2. The summed E-state index contributed by atoms with van der Waals surface area (Å²) < 4.78 is 24.9. The van der Waals surface area contributed by atoms with E-state index in [-0.39, 0.29) is 10.8 Å². The average molecular weight is 459 g/mol. The SMILES string of the molecule is CC(C)c1cc2c(c(C(C)(C)C)c1)OP(=O)(O)Oc1c(cc(C(C)C)cc1C(C)(C)C)C2. The van der Waals surface area contributed by atoms with Gasteiger partial charge in [-0.3, -0.25) is 4.89 Å². The second-order valence-electron chi connectivity index (χ2n) is 11.8. The van der Waals surface area contributed by atoms with E-state index in [1.54, 1.807) is 0 Å². The second kappa shape index (κ2) is 8.22. The molecule has 1 aliphatic rings. The number of hydrogen-bond donors (Lipinski definition) is 1. The molecule has 0 amide bonds. The van der Waals surface area contributed by atoms with Crippen molar-refractivity contribution in [1.82, 2.24) is 0 Å². The van der Waals surface area contributed by atoms with Crippen molar-refractivity contribution < 1.29 is 18.5 Å². The molecule has 0 fully saturated rings. The molecule has 4 nitrogen and oxygen atoms in total. The Hall–Kier alpha value is -1.77. The summed E-state index contributed by atoms with van der Waals surface area (Å²) in [6.07, 6.45) is 0.581. The number of benzene rings is 2. The third kappa shape index (κ3) is 5.07. The lowest BCUT2D eigenvalue weighted by atomic mass is 9.80. The Kier molecular flexibility index (Phi) is 6.39. The first-order valence-electron chi connectivity index (χ1n) is 11.6. The Morgan fingerprint density at radius 2 is 1.09 bits per heavy atom. The normalized spacial score (nSPS) is 16.0. The van der Waals surface area contributed by atoms with Gasteiger partial charge < -0.3 is 9.05 Å². The average Bonchev–Trinajstić information content (AvgIpc) is 2.60. The van der Waals surface area contributed by atoms with Crippen molar-refractivity contribution in [2.24, 2.45) is 0 Å². The largest absolute Gasteiger partial charge is 0.584 e. The van der Waals surface area contributed by atoms with Crippen LogP contribution in [0.25, 0.3) is 0 Å². The van der Waals surface area contributed by atoms with Gasteiger partial charge in [-0.25, -0.2) is 4.57 Å². The highest BCUT2D eigenvalue weighted by Crippen LogP contribution is 2.54. The van der Waals surface area contributed by atoms with Crippen molar-refractivity contribution in [3.05, 3.63) is 57.6 Å². The molecule has 0 aliphatic carbocycles. The van der Waals surface area contributed by atoms with E-state index < -0.39 is 7.82 Å². The van der Waals surface area contributed by atoms with Crippen LogP contribution in [-0.2, 0) is 21.8 Å². The van der Waals surface area contributed by atoms with Crippen molar-refractivity contribution in [1.29, 1.82) is 0 Å². The predicted molar refractivity (Wildman–Crippen MR) is 132 cm³/mol. The lowest BCUT2D eigenvalue weighted by Gasteiger charge is -2.32. The molecule has 5 heteroatoms. The molecular weight excluding hydrogens is 419 g/mol. The van der Waals surface area contributed by atoms with Gasteiger partial charge in [0.25, 0.3) is 0 Å². The summed E-state index contributed by atoms with van der Waals surface area (Å²) in [5.41, 5.74) is 5.60. The molecule has 0 saturated heterocycles. The molecule has 0 radical (unpaired) electrons. The van der Waals surface area contributed by atoms with Crippen molar-refractivity contribution in [2.75, 3.05) is 0 Å². The van der Waals surface area contributed by atoms with E-state index in [9.17, 15) is 9.46 Å². The third-order valence-electron chi connectivity index (χ3n) is 6.12. The van der Waals surface area contributed by atoms with Crippen molar-refractivity contribution in [3.63, 3.8) is 0 Å². The minimum atomic E-state index is -4.39. The minimum Gasteiger partial charge on any atom is -0.395 e. The Bertz CT molecular complexity index is 987. The molecule has 1 heterocycles. The van der Waals surface area contributed by atoms with Gasteiger partial charge in [0.05, 0.1) is 0 Å². The van der Waals surface area contributed by atoms with E-state index in [2.05, 4.69) is 93.5 Å². The van der Waals surface area contributed by atoms with E-state index in [1.165, 1.54) is 11.1 Å². The molecule has 1 aliphatic heterocycles. The molecular formula is C27H39O4P. The number of rotatable bonds is 2. The van der Waals surface area contributed by atoms with Crippen LogP contribution in [-0.4, -0.2) is 4.89 Å². The zero-order chi connectivity index (χ0) is 24.2. The number of phosphoric acid groups is 1. The van der Waals surface area contributed by atoms with E-state index in [4.69, 9.17) is 9.05 Å². The fourth-order valence-corrected chi connectivity index (χ4v) is 5.07. The molecule has 0 saturated carbocycles. The van der Waals surface area contributed by atoms with Crippen LogP contribution in [0.2, 0.25) is 0 Å². The Balaban J connectivity index is 2.38. The highest BCUT2D eigenvalue weighted by molar-refractivity contribution is 7.48. The molecule has 176 valence electrons. The minimum absolute atomic E-state index is 0.257. The highest BCUT2D eigenvalue weighted by Gasteiger charge is 2.37. The van der Waals surface area contributed by atoms with Gasteiger partial charge in [-0.05, 0) is 44.9 Å². The maximum Gasteiger partial charge on any atom is 0.584 e. The van der Waals surface area contributed by atoms with Gasteiger partial charge in [-0.1, -0.05) is 93.5 Å². The van der Waals surface area contributed by atoms with Crippen molar-refractivity contribution in [2.45, 2.75) is 98.3 Å². The zero-order valence-corrected chi connectivity index (χ0v) is 22.2. The van der Waals surface area contributed by atoms with Crippen molar-refractivity contribution in [3.8, 4) is 11.5 Å². The third-order valence-corrected chi connectivity index (χ3v) is 6.95. The van der Waals surface area contributed by atoms with Crippen LogP contribution >= 0.6 is 7.82 Å². The van der Waals surface area contributed by atoms with Gasteiger partial charge >= 0.3 is 7.82 Å². The van der Waals surface area contributed by atoms with Crippen LogP contribution in [0, 0.1) is 0 Å². The molecule has 0 unspecified atom stereocenters. The van der Waals surface area contributed by atoms with Gasteiger partial charge in [0.1, 0.15) is 11.5 Å². The molecule has 2 aromatic rings.